The van der Waals surface area contributed by atoms with Gasteiger partial charge in [-0.2, -0.15) is 0 Å². The zero-order valence-electron chi connectivity index (χ0n) is 20.5. The number of aromatic amines is 1. The standard InChI is InChI=1S/C26H33N7O/c1-5-6-9-23-19(4)32(16-14-18(2)3)26(34)33(23)17-20-10-12-21(13-11-20)24-22(8-7-15-27-24)25-28-30-31-29-25/h7-8,10-13,15,18H,5-6,9,14,16-17H2,1-4H3,(H,28,29,30,31). The van der Waals surface area contributed by atoms with Crippen molar-refractivity contribution in [3.05, 3.63) is 70.0 Å². The molecule has 1 N–H and O–H groups in total. The Morgan fingerprint density at radius 3 is 2.56 bits per heavy atom. The number of H-pyrrole nitrogens is 1. The second-order valence-electron chi connectivity index (χ2n) is 9.18. The van der Waals surface area contributed by atoms with Crippen LogP contribution in [0.4, 0.5) is 0 Å². The lowest BCUT2D eigenvalue weighted by molar-refractivity contribution is 0.498. The fraction of sp³-hybridized carbons (Fsp3) is 0.423. The van der Waals surface area contributed by atoms with E-state index >= 15 is 0 Å². The van der Waals surface area contributed by atoms with E-state index in [9.17, 15) is 4.79 Å². The van der Waals surface area contributed by atoms with Gasteiger partial charge in [-0.05, 0) is 60.2 Å². The van der Waals surface area contributed by atoms with E-state index in [1.165, 1.54) is 0 Å². The maximum Gasteiger partial charge on any atom is 0.328 e. The number of tetrazole rings is 1. The molecule has 0 spiro atoms. The van der Waals surface area contributed by atoms with Crippen LogP contribution in [0.2, 0.25) is 0 Å². The fourth-order valence-corrected chi connectivity index (χ4v) is 4.28. The van der Waals surface area contributed by atoms with Gasteiger partial charge < -0.3 is 0 Å². The van der Waals surface area contributed by atoms with E-state index < -0.39 is 0 Å². The molecule has 8 heteroatoms. The average Bonchev–Trinajstić information content (AvgIpc) is 3.45. The molecular weight excluding hydrogens is 426 g/mol. The van der Waals surface area contributed by atoms with Gasteiger partial charge >= 0.3 is 5.69 Å². The highest BCUT2D eigenvalue weighted by Gasteiger charge is 2.17. The first-order valence-corrected chi connectivity index (χ1v) is 12.1. The van der Waals surface area contributed by atoms with E-state index in [1.54, 1.807) is 6.20 Å². The number of hydrogen-bond donors (Lipinski definition) is 1. The topological polar surface area (TPSA) is 94.3 Å². The minimum absolute atomic E-state index is 0.0955. The van der Waals surface area contributed by atoms with Gasteiger partial charge in [-0.25, -0.2) is 9.89 Å². The van der Waals surface area contributed by atoms with Crippen molar-refractivity contribution in [3.63, 3.8) is 0 Å². The lowest BCUT2D eigenvalue weighted by Gasteiger charge is -2.10. The number of rotatable bonds is 10. The molecule has 0 saturated carbocycles. The third-order valence-electron chi connectivity index (χ3n) is 6.28. The van der Waals surface area contributed by atoms with Crippen molar-refractivity contribution in [1.29, 1.82) is 0 Å². The number of nitrogens with zero attached hydrogens (tertiary/aromatic N) is 6. The molecule has 0 amide bonds. The molecule has 8 nitrogen and oxygen atoms in total. The van der Waals surface area contributed by atoms with Crippen molar-refractivity contribution in [2.75, 3.05) is 0 Å². The van der Waals surface area contributed by atoms with Crippen LogP contribution in [0.25, 0.3) is 22.6 Å². The minimum atomic E-state index is 0.0955. The van der Waals surface area contributed by atoms with Crippen LogP contribution in [0, 0.1) is 12.8 Å². The van der Waals surface area contributed by atoms with Crippen molar-refractivity contribution in [2.45, 2.75) is 66.5 Å². The molecular formula is C26H33N7O. The van der Waals surface area contributed by atoms with Crippen LogP contribution in [0.1, 0.15) is 57.0 Å². The van der Waals surface area contributed by atoms with E-state index in [0.29, 0.717) is 18.3 Å². The number of nitrogens with one attached hydrogen (secondary N) is 1. The lowest BCUT2D eigenvalue weighted by Crippen LogP contribution is -2.26. The highest BCUT2D eigenvalue weighted by molar-refractivity contribution is 5.76. The molecule has 3 aromatic heterocycles. The van der Waals surface area contributed by atoms with Crippen LogP contribution < -0.4 is 5.69 Å². The predicted molar refractivity (Wildman–Crippen MR) is 133 cm³/mol. The van der Waals surface area contributed by atoms with Gasteiger partial charge in [0.1, 0.15) is 0 Å². The lowest BCUT2D eigenvalue weighted by atomic mass is 10.0. The fourth-order valence-electron chi connectivity index (χ4n) is 4.28. The summed E-state index contributed by atoms with van der Waals surface area (Å²) in [5, 5.41) is 14.2. The van der Waals surface area contributed by atoms with Gasteiger partial charge in [0.25, 0.3) is 0 Å². The second kappa shape index (κ2) is 10.6. The highest BCUT2D eigenvalue weighted by Crippen LogP contribution is 2.27. The second-order valence-corrected chi connectivity index (χ2v) is 9.18. The van der Waals surface area contributed by atoms with Crippen LogP contribution in [0.3, 0.4) is 0 Å². The Balaban J connectivity index is 1.63. The van der Waals surface area contributed by atoms with Crippen molar-refractivity contribution in [2.24, 2.45) is 5.92 Å². The van der Waals surface area contributed by atoms with Crippen LogP contribution in [-0.2, 0) is 19.5 Å². The number of pyridine rings is 1. The summed E-state index contributed by atoms with van der Waals surface area (Å²) in [5.41, 5.74) is 6.07. The molecule has 0 unspecified atom stereocenters. The van der Waals surface area contributed by atoms with Gasteiger partial charge in [0.05, 0.1) is 12.2 Å². The molecule has 34 heavy (non-hydrogen) atoms. The predicted octanol–water partition coefficient (Wildman–Crippen LogP) is 4.64. The summed E-state index contributed by atoms with van der Waals surface area (Å²) in [4.78, 5) is 17.9. The van der Waals surface area contributed by atoms with Crippen LogP contribution >= 0.6 is 0 Å². The first-order chi connectivity index (χ1) is 16.5. The Bertz CT molecular complexity index is 1270. The van der Waals surface area contributed by atoms with Crippen LogP contribution in [-0.4, -0.2) is 34.7 Å². The largest absolute Gasteiger partial charge is 0.328 e. The summed E-state index contributed by atoms with van der Waals surface area (Å²) < 4.78 is 3.93. The van der Waals surface area contributed by atoms with Crippen LogP contribution in [0.5, 0.6) is 0 Å². The van der Waals surface area contributed by atoms with E-state index in [0.717, 1.165) is 66.0 Å². The third-order valence-corrected chi connectivity index (χ3v) is 6.28. The zero-order valence-corrected chi connectivity index (χ0v) is 20.5. The Hall–Kier alpha value is -3.55. The molecule has 1 aromatic carbocycles. The molecule has 0 radical (unpaired) electrons. The Morgan fingerprint density at radius 2 is 1.88 bits per heavy atom. The quantitative estimate of drug-likeness (QED) is 0.373. The van der Waals surface area contributed by atoms with E-state index in [4.69, 9.17) is 0 Å². The Labute approximate surface area is 200 Å². The summed E-state index contributed by atoms with van der Waals surface area (Å²) in [6.07, 6.45) is 5.87. The first-order valence-electron chi connectivity index (χ1n) is 12.1. The van der Waals surface area contributed by atoms with Gasteiger partial charge in [-0.1, -0.05) is 51.5 Å². The van der Waals surface area contributed by atoms with Gasteiger partial charge in [0.15, 0.2) is 5.82 Å². The number of imidazole rings is 1. The van der Waals surface area contributed by atoms with Crippen molar-refractivity contribution in [1.82, 2.24) is 34.7 Å². The molecule has 0 fully saturated rings. The van der Waals surface area contributed by atoms with E-state index in [1.807, 2.05) is 33.4 Å². The molecule has 0 aliphatic carbocycles. The Morgan fingerprint density at radius 1 is 1.09 bits per heavy atom. The summed E-state index contributed by atoms with van der Waals surface area (Å²) in [7, 11) is 0. The summed E-state index contributed by atoms with van der Waals surface area (Å²) >= 11 is 0. The van der Waals surface area contributed by atoms with Gasteiger partial charge in [0.2, 0.25) is 0 Å². The summed E-state index contributed by atoms with van der Waals surface area (Å²) in [6, 6.07) is 12.0. The molecule has 0 saturated heterocycles. The zero-order chi connectivity index (χ0) is 24.1. The summed E-state index contributed by atoms with van der Waals surface area (Å²) in [5.74, 6) is 1.14. The van der Waals surface area contributed by atoms with E-state index in [-0.39, 0.29) is 5.69 Å². The monoisotopic (exact) mass is 459 g/mol. The number of benzene rings is 1. The Kier molecular flexibility index (Phi) is 7.35. The number of hydrogen-bond acceptors (Lipinski definition) is 5. The first kappa shape index (κ1) is 23.6. The summed E-state index contributed by atoms with van der Waals surface area (Å²) in [6.45, 7) is 10.0. The highest BCUT2D eigenvalue weighted by atomic mass is 16.1. The molecule has 3 heterocycles. The minimum Gasteiger partial charge on any atom is -0.296 e. The van der Waals surface area contributed by atoms with Crippen LogP contribution in [0.15, 0.2) is 47.4 Å². The van der Waals surface area contributed by atoms with Crippen molar-refractivity contribution >= 4 is 0 Å². The maximum atomic E-state index is 13.3. The number of aromatic nitrogens is 7. The average molecular weight is 460 g/mol. The van der Waals surface area contributed by atoms with Gasteiger partial charge in [-0.3, -0.25) is 14.1 Å². The molecule has 0 aliphatic heterocycles. The third kappa shape index (κ3) is 5.00. The molecule has 0 aliphatic rings. The van der Waals surface area contributed by atoms with Crippen molar-refractivity contribution < 1.29 is 0 Å². The molecule has 4 aromatic rings. The normalized spacial score (nSPS) is 11.4. The molecule has 0 atom stereocenters. The van der Waals surface area contributed by atoms with Crippen molar-refractivity contribution in [3.8, 4) is 22.6 Å². The SMILES string of the molecule is CCCCc1c(C)n(CCC(C)C)c(=O)n1Cc1ccc(-c2ncccc2-c2nnn[nH]2)cc1. The number of unbranched alkanes of at least 4 members (excludes halogenated alkanes) is 1. The smallest absolute Gasteiger partial charge is 0.296 e. The van der Waals surface area contributed by atoms with E-state index in [2.05, 4.69) is 65.4 Å². The molecule has 0 bridgehead atoms. The maximum absolute atomic E-state index is 13.3. The molecule has 178 valence electrons. The van der Waals surface area contributed by atoms with Gasteiger partial charge in [0, 0.05) is 35.3 Å². The van der Waals surface area contributed by atoms with Gasteiger partial charge in [-0.15, -0.1) is 5.10 Å². The molecule has 4 rings (SSSR count).